The van der Waals surface area contributed by atoms with Gasteiger partial charge in [0, 0.05) is 42.3 Å². The second kappa shape index (κ2) is 8.43. The molecule has 0 amide bonds. The zero-order valence-corrected chi connectivity index (χ0v) is 17.4. The summed E-state index contributed by atoms with van der Waals surface area (Å²) in [7, 11) is 0. The molecule has 1 saturated heterocycles. The van der Waals surface area contributed by atoms with Crippen molar-refractivity contribution in [1.82, 2.24) is 25.1 Å². The van der Waals surface area contributed by atoms with Crippen LogP contribution in [0.25, 0.3) is 11.3 Å². The van der Waals surface area contributed by atoms with Gasteiger partial charge in [-0.1, -0.05) is 11.2 Å². The van der Waals surface area contributed by atoms with E-state index >= 15 is 0 Å². The van der Waals surface area contributed by atoms with Crippen molar-refractivity contribution in [3.8, 4) is 17.3 Å². The van der Waals surface area contributed by atoms with Crippen molar-refractivity contribution < 1.29 is 4.52 Å². The number of hydrogen-bond acceptors (Lipinski definition) is 9. The van der Waals surface area contributed by atoms with Gasteiger partial charge in [-0.15, -0.1) is 0 Å². The molecule has 5 rings (SSSR count). The Morgan fingerprint density at radius 3 is 2.84 bits per heavy atom. The lowest BCUT2D eigenvalue weighted by Gasteiger charge is -2.23. The van der Waals surface area contributed by atoms with Crippen LogP contribution < -0.4 is 10.2 Å². The molecule has 0 spiro atoms. The zero-order chi connectivity index (χ0) is 21.9. The Bertz CT molecular complexity index is 1280. The minimum Gasteiger partial charge on any atom is -0.359 e. The van der Waals surface area contributed by atoms with Gasteiger partial charge in [0.05, 0.1) is 6.04 Å². The van der Waals surface area contributed by atoms with Crippen molar-refractivity contribution in [2.75, 3.05) is 16.8 Å². The first-order valence-corrected chi connectivity index (χ1v) is 10.3. The zero-order valence-electron chi connectivity index (χ0n) is 17.4. The molecule has 0 radical (unpaired) electrons. The molecule has 9 heteroatoms. The quantitative estimate of drug-likeness (QED) is 0.503. The van der Waals surface area contributed by atoms with Gasteiger partial charge < -0.3 is 14.7 Å². The van der Waals surface area contributed by atoms with Crippen LogP contribution in [0.2, 0.25) is 0 Å². The molecule has 158 valence electrons. The summed E-state index contributed by atoms with van der Waals surface area (Å²) in [6.07, 6.45) is 5.20. The van der Waals surface area contributed by atoms with Crippen molar-refractivity contribution in [2.45, 2.75) is 25.8 Å². The average Bonchev–Trinajstić information content (AvgIpc) is 3.49. The Morgan fingerprint density at radius 2 is 2.00 bits per heavy atom. The standard InChI is InChI=1S/C23H20N8O/c1-15-12-22(28-21-8-2-3-9-26-21)29-23(27-15)31-11-5-7-19(31)20-13-17(30-32-20)16-6-4-10-25-18(16)14-24/h2-4,6,8-10,12-13,19H,5,7,11H2,1H3,(H,26,27,28,29). The van der Waals surface area contributed by atoms with Crippen LogP contribution in [0.5, 0.6) is 0 Å². The summed E-state index contributed by atoms with van der Waals surface area (Å²) in [6, 6.07) is 15.1. The number of nitrogens with one attached hydrogen (secondary N) is 1. The number of rotatable bonds is 5. The van der Waals surface area contributed by atoms with Gasteiger partial charge in [0.15, 0.2) is 5.76 Å². The fraction of sp³-hybridized carbons (Fsp3) is 0.217. The van der Waals surface area contributed by atoms with Crippen LogP contribution in [0.1, 0.15) is 36.0 Å². The predicted molar refractivity (Wildman–Crippen MR) is 118 cm³/mol. The van der Waals surface area contributed by atoms with E-state index in [1.807, 2.05) is 43.3 Å². The smallest absolute Gasteiger partial charge is 0.228 e. The summed E-state index contributed by atoms with van der Waals surface area (Å²) in [5, 5.41) is 16.8. The van der Waals surface area contributed by atoms with E-state index < -0.39 is 0 Å². The Labute approximate surface area is 184 Å². The molecule has 1 N–H and O–H groups in total. The van der Waals surface area contributed by atoms with Crippen LogP contribution in [0.15, 0.2) is 59.4 Å². The Balaban J connectivity index is 1.43. The average molecular weight is 424 g/mol. The normalized spacial score (nSPS) is 15.5. The monoisotopic (exact) mass is 424 g/mol. The minimum atomic E-state index is -0.0389. The van der Waals surface area contributed by atoms with Crippen LogP contribution in [0.3, 0.4) is 0 Å². The van der Waals surface area contributed by atoms with Crippen LogP contribution in [-0.4, -0.2) is 31.6 Å². The SMILES string of the molecule is Cc1cc(Nc2ccccn2)nc(N2CCCC2c2cc(-c3cccnc3C#N)no2)n1. The van der Waals surface area contributed by atoms with E-state index in [1.165, 1.54) is 0 Å². The van der Waals surface area contributed by atoms with Gasteiger partial charge in [0.25, 0.3) is 0 Å². The number of nitrogens with zero attached hydrogens (tertiary/aromatic N) is 7. The Kier molecular flexibility index (Phi) is 5.17. The van der Waals surface area contributed by atoms with Gasteiger partial charge in [-0.3, -0.25) is 0 Å². The fourth-order valence-electron chi connectivity index (χ4n) is 3.89. The summed E-state index contributed by atoms with van der Waals surface area (Å²) < 4.78 is 5.70. The van der Waals surface area contributed by atoms with Crippen LogP contribution in [0.4, 0.5) is 17.6 Å². The fourth-order valence-corrected chi connectivity index (χ4v) is 3.89. The first-order chi connectivity index (χ1) is 15.7. The third-order valence-corrected chi connectivity index (χ3v) is 5.32. The number of pyridine rings is 2. The van der Waals surface area contributed by atoms with E-state index in [1.54, 1.807) is 18.5 Å². The van der Waals surface area contributed by atoms with Gasteiger partial charge in [0.1, 0.15) is 29.1 Å². The van der Waals surface area contributed by atoms with Crippen molar-refractivity contribution in [1.29, 1.82) is 5.26 Å². The molecular weight excluding hydrogens is 404 g/mol. The van der Waals surface area contributed by atoms with E-state index in [0.717, 1.165) is 36.7 Å². The summed E-state index contributed by atoms with van der Waals surface area (Å²) in [5.41, 5.74) is 2.43. The second-order valence-electron chi connectivity index (χ2n) is 7.51. The van der Waals surface area contributed by atoms with Crippen molar-refractivity contribution >= 4 is 17.6 Å². The minimum absolute atomic E-state index is 0.0389. The van der Waals surface area contributed by atoms with Crippen molar-refractivity contribution in [3.05, 3.63) is 72.0 Å². The third kappa shape index (κ3) is 3.86. The molecule has 32 heavy (non-hydrogen) atoms. The Hall–Kier alpha value is -4.32. The lowest BCUT2D eigenvalue weighted by atomic mass is 10.1. The molecule has 0 aromatic carbocycles. The van der Waals surface area contributed by atoms with Crippen LogP contribution in [-0.2, 0) is 0 Å². The lowest BCUT2D eigenvalue weighted by molar-refractivity contribution is 0.362. The molecular formula is C23H20N8O. The summed E-state index contributed by atoms with van der Waals surface area (Å²) in [4.78, 5) is 19.9. The van der Waals surface area contributed by atoms with E-state index in [2.05, 4.69) is 36.4 Å². The number of anilines is 3. The van der Waals surface area contributed by atoms with E-state index in [-0.39, 0.29) is 6.04 Å². The van der Waals surface area contributed by atoms with Crippen molar-refractivity contribution in [2.24, 2.45) is 0 Å². The second-order valence-corrected chi connectivity index (χ2v) is 7.51. The highest BCUT2D eigenvalue weighted by Gasteiger charge is 2.32. The van der Waals surface area contributed by atoms with Gasteiger partial charge >= 0.3 is 0 Å². The first-order valence-electron chi connectivity index (χ1n) is 10.3. The predicted octanol–water partition coefficient (Wildman–Crippen LogP) is 4.19. The largest absolute Gasteiger partial charge is 0.359 e. The van der Waals surface area contributed by atoms with E-state index in [0.29, 0.717) is 28.7 Å². The van der Waals surface area contributed by atoms with Crippen LogP contribution in [0, 0.1) is 18.3 Å². The maximum absolute atomic E-state index is 9.34. The molecule has 1 atom stereocenters. The molecule has 0 bridgehead atoms. The van der Waals surface area contributed by atoms with Gasteiger partial charge in [0.2, 0.25) is 5.95 Å². The summed E-state index contributed by atoms with van der Waals surface area (Å²) in [5.74, 6) is 2.75. The maximum Gasteiger partial charge on any atom is 0.228 e. The molecule has 5 heterocycles. The number of aryl methyl sites for hydroxylation is 1. The molecule has 4 aromatic heterocycles. The topological polar surface area (TPSA) is 117 Å². The number of hydrogen-bond donors (Lipinski definition) is 1. The summed E-state index contributed by atoms with van der Waals surface area (Å²) in [6.45, 7) is 2.75. The van der Waals surface area contributed by atoms with Crippen LogP contribution >= 0.6 is 0 Å². The molecule has 1 aliphatic rings. The van der Waals surface area contributed by atoms with E-state index in [9.17, 15) is 5.26 Å². The van der Waals surface area contributed by atoms with Gasteiger partial charge in [-0.05, 0) is 44.0 Å². The highest BCUT2D eigenvalue weighted by molar-refractivity contribution is 5.65. The Morgan fingerprint density at radius 1 is 1.09 bits per heavy atom. The van der Waals surface area contributed by atoms with Gasteiger partial charge in [-0.2, -0.15) is 10.2 Å². The first kappa shape index (κ1) is 19.6. The highest BCUT2D eigenvalue weighted by atomic mass is 16.5. The maximum atomic E-state index is 9.34. The summed E-state index contributed by atoms with van der Waals surface area (Å²) >= 11 is 0. The molecule has 1 fully saturated rings. The molecule has 1 unspecified atom stereocenters. The highest BCUT2D eigenvalue weighted by Crippen LogP contribution is 2.36. The molecule has 0 saturated carbocycles. The molecule has 4 aromatic rings. The molecule has 1 aliphatic heterocycles. The van der Waals surface area contributed by atoms with E-state index in [4.69, 9.17) is 9.51 Å². The molecule has 0 aliphatic carbocycles. The molecule has 9 nitrogen and oxygen atoms in total. The number of aromatic nitrogens is 5. The number of nitriles is 1. The van der Waals surface area contributed by atoms with Gasteiger partial charge in [-0.25, -0.2) is 15.0 Å². The lowest BCUT2D eigenvalue weighted by Crippen LogP contribution is -2.25. The third-order valence-electron chi connectivity index (χ3n) is 5.32. The van der Waals surface area contributed by atoms with Crippen molar-refractivity contribution in [3.63, 3.8) is 0 Å².